The summed E-state index contributed by atoms with van der Waals surface area (Å²) in [5.41, 5.74) is 10.8. The smallest absolute Gasteiger partial charge is 0.425 e. The molecule has 7 aromatic rings. The molecule has 0 aliphatic carbocycles. The summed E-state index contributed by atoms with van der Waals surface area (Å²) in [4.78, 5) is 0. The molecule has 0 amide bonds. The van der Waals surface area contributed by atoms with Crippen LogP contribution in [0.1, 0.15) is 16.7 Å². The van der Waals surface area contributed by atoms with Gasteiger partial charge >= 0.3 is 5.66 Å². The molecular formula is C32H19N3O+2. The third-order valence-corrected chi connectivity index (χ3v) is 8.78. The molecule has 3 aliphatic heterocycles. The summed E-state index contributed by atoms with van der Waals surface area (Å²) >= 11 is 0. The lowest BCUT2D eigenvalue weighted by atomic mass is 9.86. The van der Waals surface area contributed by atoms with Gasteiger partial charge in [0.05, 0.1) is 32.9 Å². The number of hydrogen-bond donors (Lipinski definition) is 0. The summed E-state index contributed by atoms with van der Waals surface area (Å²) in [6.07, 6.45) is 4.50. The average Bonchev–Trinajstić information content (AvgIpc) is 3.53. The Kier molecular flexibility index (Phi) is 2.66. The van der Waals surface area contributed by atoms with Crippen molar-refractivity contribution in [2.24, 2.45) is 0 Å². The zero-order chi connectivity index (χ0) is 23.3. The van der Waals surface area contributed by atoms with Crippen LogP contribution in [-0.2, 0) is 5.66 Å². The summed E-state index contributed by atoms with van der Waals surface area (Å²) in [5, 5.41) is 3.86. The van der Waals surface area contributed by atoms with Crippen LogP contribution in [0.2, 0.25) is 0 Å². The van der Waals surface area contributed by atoms with Crippen molar-refractivity contribution in [2.45, 2.75) is 12.6 Å². The molecule has 4 heteroatoms. The lowest BCUT2D eigenvalue weighted by Crippen LogP contribution is -2.71. The minimum atomic E-state index is -0.513. The van der Waals surface area contributed by atoms with E-state index in [9.17, 15) is 0 Å². The molecule has 1 unspecified atom stereocenters. The Balaban J connectivity index is 1.57. The predicted molar refractivity (Wildman–Crippen MR) is 139 cm³/mol. The molecule has 3 aromatic carbocycles. The third kappa shape index (κ3) is 1.57. The molecular weight excluding hydrogens is 442 g/mol. The van der Waals surface area contributed by atoms with Crippen LogP contribution < -0.4 is 13.9 Å². The minimum Gasteiger partial charge on any atom is -0.456 e. The Bertz CT molecular complexity index is 2210. The monoisotopic (exact) mass is 461 g/mol. The number of aryl methyl sites for hydroxylation is 1. The lowest BCUT2D eigenvalue weighted by Gasteiger charge is -2.25. The molecule has 10 rings (SSSR count). The fraction of sp³-hybridized carbons (Fsp3) is 0.0625. The normalized spacial score (nSPS) is 17.9. The van der Waals surface area contributed by atoms with E-state index in [1.165, 1.54) is 66.2 Å². The zero-order valence-corrected chi connectivity index (χ0v) is 19.5. The van der Waals surface area contributed by atoms with Crippen LogP contribution in [0.15, 0.2) is 97.3 Å². The predicted octanol–water partition coefficient (Wildman–Crippen LogP) is 5.98. The van der Waals surface area contributed by atoms with E-state index in [4.69, 9.17) is 4.74 Å². The van der Waals surface area contributed by atoms with Crippen molar-refractivity contribution in [1.29, 1.82) is 0 Å². The number of pyridine rings is 3. The van der Waals surface area contributed by atoms with Crippen LogP contribution in [-0.4, -0.2) is 4.40 Å². The quantitative estimate of drug-likeness (QED) is 0.201. The van der Waals surface area contributed by atoms with Gasteiger partial charge in [0.1, 0.15) is 11.5 Å². The van der Waals surface area contributed by atoms with Crippen LogP contribution >= 0.6 is 0 Å². The van der Waals surface area contributed by atoms with Crippen molar-refractivity contribution >= 4 is 38.2 Å². The molecule has 1 spiro atoms. The third-order valence-electron chi connectivity index (χ3n) is 8.78. The first-order chi connectivity index (χ1) is 17.8. The highest BCUT2D eigenvalue weighted by Crippen LogP contribution is 2.57. The Morgan fingerprint density at radius 1 is 0.694 bits per heavy atom. The van der Waals surface area contributed by atoms with Gasteiger partial charge in [0.15, 0.2) is 23.5 Å². The van der Waals surface area contributed by atoms with Crippen molar-refractivity contribution in [3.05, 3.63) is 114 Å². The number of hydrogen-bond acceptors (Lipinski definition) is 1. The van der Waals surface area contributed by atoms with Crippen molar-refractivity contribution in [3.63, 3.8) is 0 Å². The topological polar surface area (TPSA) is 21.4 Å². The number of nitrogens with zero attached hydrogens (tertiary/aromatic N) is 3. The van der Waals surface area contributed by atoms with Crippen LogP contribution in [0.5, 0.6) is 11.5 Å². The number of ether oxygens (including phenoxy) is 1. The number of rotatable bonds is 0. The van der Waals surface area contributed by atoms with Gasteiger partial charge in [0, 0.05) is 23.6 Å². The van der Waals surface area contributed by atoms with Crippen LogP contribution in [0.4, 0.5) is 0 Å². The van der Waals surface area contributed by atoms with Crippen molar-refractivity contribution in [2.75, 3.05) is 0 Å². The van der Waals surface area contributed by atoms with Gasteiger partial charge in [0.2, 0.25) is 11.2 Å². The average molecular weight is 462 g/mol. The van der Waals surface area contributed by atoms with Gasteiger partial charge in [-0.2, -0.15) is 0 Å². The van der Waals surface area contributed by atoms with Gasteiger partial charge in [-0.05, 0) is 55.0 Å². The van der Waals surface area contributed by atoms with Crippen LogP contribution in [0.3, 0.4) is 0 Å². The maximum absolute atomic E-state index is 6.68. The molecule has 4 aromatic heterocycles. The first kappa shape index (κ1) is 17.7. The Hall–Kier alpha value is -4.70. The van der Waals surface area contributed by atoms with E-state index in [0.717, 1.165) is 11.5 Å². The summed E-state index contributed by atoms with van der Waals surface area (Å²) in [5.74, 6) is 1.88. The van der Waals surface area contributed by atoms with Gasteiger partial charge < -0.3 is 9.14 Å². The molecule has 1 atom stereocenters. The molecule has 166 valence electrons. The Labute approximate surface area is 205 Å². The van der Waals surface area contributed by atoms with Gasteiger partial charge in [-0.15, -0.1) is 9.13 Å². The maximum Gasteiger partial charge on any atom is 0.425 e. The first-order valence-corrected chi connectivity index (χ1v) is 12.5. The molecule has 0 N–H and O–H groups in total. The van der Waals surface area contributed by atoms with Gasteiger partial charge in [0.25, 0.3) is 0 Å². The Morgan fingerprint density at radius 3 is 2.50 bits per heavy atom. The van der Waals surface area contributed by atoms with E-state index in [1.807, 2.05) is 0 Å². The molecule has 4 nitrogen and oxygen atoms in total. The van der Waals surface area contributed by atoms with Crippen molar-refractivity contribution < 1.29 is 13.9 Å². The highest BCUT2D eigenvalue weighted by Gasteiger charge is 2.70. The fourth-order valence-electron chi connectivity index (χ4n) is 7.60. The van der Waals surface area contributed by atoms with E-state index in [0.29, 0.717) is 0 Å². The summed E-state index contributed by atoms with van der Waals surface area (Å²) in [6.45, 7) is 2.26. The van der Waals surface area contributed by atoms with Crippen LogP contribution in [0, 0.1) is 6.92 Å². The van der Waals surface area contributed by atoms with E-state index >= 15 is 0 Å². The molecule has 0 saturated heterocycles. The maximum atomic E-state index is 6.68. The van der Waals surface area contributed by atoms with E-state index in [-0.39, 0.29) is 0 Å². The largest absolute Gasteiger partial charge is 0.456 e. The summed E-state index contributed by atoms with van der Waals surface area (Å²) < 4.78 is 14.1. The second-order valence-corrected chi connectivity index (χ2v) is 10.2. The number of benzene rings is 3. The van der Waals surface area contributed by atoms with Crippen molar-refractivity contribution in [1.82, 2.24) is 4.40 Å². The standard InChI is InChI=1S/C32H19N3O/c1-18-19-8-2-3-12-23(19)35-24-14-15-26-29-27(24)31-21(30(18)35)10-7-17-34(31)32(29)28-20(9-6-13-25(28)36-26)22-11-4-5-16-33(22)32/h2-17H,1H3/q+2. The molecule has 0 fully saturated rings. The van der Waals surface area contributed by atoms with E-state index in [1.54, 1.807) is 0 Å². The summed E-state index contributed by atoms with van der Waals surface area (Å²) in [7, 11) is 0. The first-order valence-electron chi connectivity index (χ1n) is 12.5. The lowest BCUT2D eigenvalue weighted by molar-refractivity contribution is -0.950. The zero-order valence-electron chi connectivity index (χ0n) is 19.5. The Morgan fingerprint density at radius 2 is 1.53 bits per heavy atom. The number of aromatic nitrogens is 3. The fourth-order valence-corrected chi connectivity index (χ4v) is 7.60. The molecule has 0 bridgehead atoms. The van der Waals surface area contributed by atoms with Gasteiger partial charge in [-0.25, -0.2) is 0 Å². The highest BCUT2D eigenvalue weighted by atomic mass is 16.5. The summed E-state index contributed by atoms with van der Waals surface area (Å²) in [6, 6.07) is 30.7. The number of fused-ring (bicyclic) bond motifs is 7. The molecule has 0 saturated carbocycles. The SMILES string of the molecule is Cc1c2ccccc2n2c3ccc4c5c3c3c(ccc[n+]3C53c5c(cccc5-c5cccc[n+]53)O4)c12. The van der Waals surface area contributed by atoms with Crippen LogP contribution in [0.25, 0.3) is 49.5 Å². The molecule has 0 radical (unpaired) electrons. The van der Waals surface area contributed by atoms with E-state index < -0.39 is 5.66 Å². The highest BCUT2D eigenvalue weighted by molar-refractivity contribution is 6.17. The second-order valence-electron chi connectivity index (χ2n) is 10.2. The van der Waals surface area contributed by atoms with Gasteiger partial charge in [-0.1, -0.05) is 24.3 Å². The van der Waals surface area contributed by atoms with E-state index in [2.05, 4.69) is 118 Å². The molecule has 3 aliphatic rings. The second kappa shape index (κ2) is 5.42. The van der Waals surface area contributed by atoms with Crippen molar-refractivity contribution in [3.8, 4) is 22.8 Å². The van der Waals surface area contributed by atoms with Gasteiger partial charge in [-0.3, -0.25) is 0 Å². The molecule has 7 heterocycles. The minimum absolute atomic E-state index is 0.513. The number of para-hydroxylation sites is 1. The molecule has 36 heavy (non-hydrogen) atoms.